The van der Waals surface area contributed by atoms with E-state index >= 15 is 0 Å². The SMILES string of the molecule is CC(C)CCOCCOCCOCCCC(=O)OC(C)C. The van der Waals surface area contributed by atoms with E-state index in [1.807, 2.05) is 13.8 Å². The fraction of sp³-hybridized carbons (Fsp3) is 0.938. The largest absolute Gasteiger partial charge is 0.463 e. The number of hydrogen-bond donors (Lipinski definition) is 0. The zero-order valence-corrected chi connectivity index (χ0v) is 14.1. The summed E-state index contributed by atoms with van der Waals surface area (Å²) >= 11 is 0. The Labute approximate surface area is 129 Å². The lowest BCUT2D eigenvalue weighted by atomic mass is 10.1. The van der Waals surface area contributed by atoms with Crippen molar-refractivity contribution in [2.75, 3.05) is 39.6 Å². The van der Waals surface area contributed by atoms with Gasteiger partial charge in [0.1, 0.15) is 0 Å². The third-order valence-corrected chi connectivity index (χ3v) is 2.62. The molecular formula is C16H32O5. The second kappa shape index (κ2) is 14.3. The van der Waals surface area contributed by atoms with E-state index in [2.05, 4.69) is 13.8 Å². The first kappa shape index (κ1) is 20.3. The lowest BCUT2D eigenvalue weighted by molar-refractivity contribution is -0.147. The molecule has 0 saturated heterocycles. The highest BCUT2D eigenvalue weighted by atomic mass is 16.5. The standard InChI is InChI=1S/C16H32O5/c1-14(2)7-9-19-11-13-20-12-10-18-8-5-6-16(17)21-15(3)4/h14-15H,5-13H2,1-4H3. The smallest absolute Gasteiger partial charge is 0.306 e. The topological polar surface area (TPSA) is 54.0 Å². The van der Waals surface area contributed by atoms with E-state index in [1.54, 1.807) is 0 Å². The van der Waals surface area contributed by atoms with Gasteiger partial charge in [-0.05, 0) is 32.6 Å². The summed E-state index contributed by atoms with van der Waals surface area (Å²) in [5.74, 6) is 0.514. The van der Waals surface area contributed by atoms with E-state index in [0.29, 0.717) is 51.8 Å². The lowest BCUT2D eigenvalue weighted by Gasteiger charge is -2.09. The first-order chi connectivity index (χ1) is 10.0. The van der Waals surface area contributed by atoms with Crippen molar-refractivity contribution in [1.82, 2.24) is 0 Å². The molecule has 5 nitrogen and oxygen atoms in total. The molecule has 0 spiro atoms. The van der Waals surface area contributed by atoms with Crippen molar-refractivity contribution in [3.8, 4) is 0 Å². The number of carbonyl (C=O) groups excluding carboxylic acids is 1. The number of rotatable bonds is 14. The van der Waals surface area contributed by atoms with Gasteiger partial charge < -0.3 is 18.9 Å². The molecule has 0 aliphatic heterocycles. The molecule has 0 unspecified atom stereocenters. The molecule has 5 heteroatoms. The van der Waals surface area contributed by atoms with Crippen LogP contribution in [0.4, 0.5) is 0 Å². The fourth-order valence-corrected chi connectivity index (χ4v) is 1.50. The highest BCUT2D eigenvalue weighted by Crippen LogP contribution is 1.99. The van der Waals surface area contributed by atoms with Gasteiger partial charge in [-0.1, -0.05) is 13.8 Å². The molecule has 0 aromatic rings. The zero-order valence-electron chi connectivity index (χ0n) is 14.1. The Morgan fingerprint density at radius 3 is 1.86 bits per heavy atom. The van der Waals surface area contributed by atoms with Gasteiger partial charge in [0.05, 0.1) is 32.5 Å². The third-order valence-electron chi connectivity index (χ3n) is 2.62. The Balaban J connectivity index is 3.11. The molecule has 0 aromatic heterocycles. The summed E-state index contributed by atoms with van der Waals surface area (Å²) < 4.78 is 21.2. The van der Waals surface area contributed by atoms with E-state index in [4.69, 9.17) is 18.9 Å². The van der Waals surface area contributed by atoms with Crippen molar-refractivity contribution in [1.29, 1.82) is 0 Å². The van der Waals surface area contributed by atoms with Gasteiger partial charge in [0.2, 0.25) is 0 Å². The van der Waals surface area contributed by atoms with Crippen LogP contribution in [-0.4, -0.2) is 51.7 Å². The van der Waals surface area contributed by atoms with Crippen LogP contribution in [0.3, 0.4) is 0 Å². The zero-order chi connectivity index (χ0) is 15.9. The summed E-state index contributed by atoms with van der Waals surface area (Å²) in [6, 6.07) is 0. The molecule has 0 heterocycles. The Morgan fingerprint density at radius 2 is 1.33 bits per heavy atom. The third kappa shape index (κ3) is 17.3. The van der Waals surface area contributed by atoms with E-state index in [-0.39, 0.29) is 12.1 Å². The molecule has 0 amide bonds. The molecule has 0 aromatic carbocycles. The summed E-state index contributed by atoms with van der Waals surface area (Å²) in [7, 11) is 0. The van der Waals surface area contributed by atoms with Crippen molar-refractivity contribution in [2.45, 2.75) is 53.1 Å². The fourth-order valence-electron chi connectivity index (χ4n) is 1.50. The molecule has 0 saturated carbocycles. The quantitative estimate of drug-likeness (QED) is 0.365. The first-order valence-corrected chi connectivity index (χ1v) is 7.95. The number of esters is 1. The minimum atomic E-state index is -0.164. The average molecular weight is 304 g/mol. The molecule has 0 rings (SSSR count). The molecule has 126 valence electrons. The van der Waals surface area contributed by atoms with Crippen molar-refractivity contribution >= 4 is 5.97 Å². The molecule has 0 N–H and O–H groups in total. The summed E-state index contributed by atoms with van der Waals surface area (Å²) in [6.07, 6.45) is 2.13. The van der Waals surface area contributed by atoms with Gasteiger partial charge in [0.15, 0.2) is 0 Å². The molecular weight excluding hydrogens is 272 g/mol. The monoisotopic (exact) mass is 304 g/mol. The predicted octanol–water partition coefficient (Wildman–Crippen LogP) is 2.81. The average Bonchev–Trinajstić information content (AvgIpc) is 2.38. The molecule has 0 fully saturated rings. The van der Waals surface area contributed by atoms with Crippen molar-refractivity contribution < 1.29 is 23.7 Å². The summed E-state index contributed by atoms with van der Waals surface area (Å²) in [5, 5.41) is 0. The van der Waals surface area contributed by atoms with Gasteiger partial charge in [-0.3, -0.25) is 4.79 Å². The molecule has 0 bridgehead atoms. The summed E-state index contributed by atoms with van der Waals surface area (Å²) in [4.78, 5) is 11.2. The highest BCUT2D eigenvalue weighted by Gasteiger charge is 2.04. The number of hydrogen-bond acceptors (Lipinski definition) is 5. The van der Waals surface area contributed by atoms with E-state index in [0.717, 1.165) is 13.0 Å². The van der Waals surface area contributed by atoms with Gasteiger partial charge in [-0.25, -0.2) is 0 Å². The second-order valence-electron chi connectivity index (χ2n) is 5.66. The molecule has 0 radical (unpaired) electrons. The van der Waals surface area contributed by atoms with Crippen LogP contribution in [0.1, 0.15) is 47.0 Å². The Hall–Kier alpha value is -0.650. The van der Waals surface area contributed by atoms with Gasteiger partial charge in [0.25, 0.3) is 0 Å². The summed E-state index contributed by atoms with van der Waals surface area (Å²) in [6.45, 7) is 11.7. The van der Waals surface area contributed by atoms with Crippen LogP contribution in [0.2, 0.25) is 0 Å². The van der Waals surface area contributed by atoms with Crippen molar-refractivity contribution in [3.63, 3.8) is 0 Å². The van der Waals surface area contributed by atoms with Crippen LogP contribution in [-0.2, 0) is 23.7 Å². The van der Waals surface area contributed by atoms with E-state index < -0.39 is 0 Å². The van der Waals surface area contributed by atoms with Gasteiger partial charge in [-0.15, -0.1) is 0 Å². The number of carbonyl (C=O) groups is 1. The normalized spacial score (nSPS) is 11.3. The van der Waals surface area contributed by atoms with Crippen LogP contribution in [0.15, 0.2) is 0 Å². The number of ether oxygens (including phenoxy) is 4. The van der Waals surface area contributed by atoms with E-state index in [1.165, 1.54) is 0 Å². The summed E-state index contributed by atoms with van der Waals surface area (Å²) in [5.41, 5.74) is 0. The molecule has 0 atom stereocenters. The van der Waals surface area contributed by atoms with Gasteiger partial charge >= 0.3 is 5.97 Å². The van der Waals surface area contributed by atoms with Crippen LogP contribution in [0.5, 0.6) is 0 Å². The molecule has 0 aliphatic carbocycles. The van der Waals surface area contributed by atoms with Crippen molar-refractivity contribution in [2.24, 2.45) is 5.92 Å². The molecule has 21 heavy (non-hydrogen) atoms. The van der Waals surface area contributed by atoms with Gasteiger partial charge in [-0.2, -0.15) is 0 Å². The second-order valence-corrected chi connectivity index (χ2v) is 5.66. The van der Waals surface area contributed by atoms with Crippen molar-refractivity contribution in [3.05, 3.63) is 0 Å². The van der Waals surface area contributed by atoms with E-state index in [9.17, 15) is 4.79 Å². The van der Waals surface area contributed by atoms with Crippen LogP contribution in [0.25, 0.3) is 0 Å². The maximum atomic E-state index is 11.2. The van der Waals surface area contributed by atoms with Gasteiger partial charge in [0, 0.05) is 19.6 Å². The first-order valence-electron chi connectivity index (χ1n) is 7.95. The Kier molecular flexibility index (Phi) is 13.9. The lowest BCUT2D eigenvalue weighted by Crippen LogP contribution is -2.13. The maximum Gasteiger partial charge on any atom is 0.306 e. The van der Waals surface area contributed by atoms with Crippen LogP contribution >= 0.6 is 0 Å². The van der Waals surface area contributed by atoms with Crippen LogP contribution in [0, 0.1) is 5.92 Å². The maximum absolute atomic E-state index is 11.2. The Morgan fingerprint density at radius 1 is 0.810 bits per heavy atom. The Bertz CT molecular complexity index is 241. The highest BCUT2D eigenvalue weighted by molar-refractivity contribution is 5.69. The minimum Gasteiger partial charge on any atom is -0.463 e. The predicted molar refractivity (Wildman–Crippen MR) is 82.4 cm³/mol. The minimum absolute atomic E-state index is 0.0467. The molecule has 0 aliphatic rings. The van der Waals surface area contributed by atoms with Crippen LogP contribution < -0.4 is 0 Å².